The van der Waals surface area contributed by atoms with Gasteiger partial charge in [-0.15, -0.1) is 0 Å². The molecule has 1 amide bonds. The van der Waals surface area contributed by atoms with Gasteiger partial charge in [0.2, 0.25) is 0 Å². The highest BCUT2D eigenvalue weighted by Gasteiger charge is 2.24. The summed E-state index contributed by atoms with van der Waals surface area (Å²) in [4.78, 5) is 12.0. The van der Waals surface area contributed by atoms with Crippen molar-refractivity contribution in [1.29, 1.82) is 0 Å². The molecule has 0 heterocycles. The first kappa shape index (κ1) is 12.3. The van der Waals surface area contributed by atoms with Crippen LogP contribution in [0.3, 0.4) is 0 Å². The van der Waals surface area contributed by atoms with Gasteiger partial charge < -0.3 is 4.90 Å². The third-order valence-corrected chi connectivity index (χ3v) is 2.01. The molecule has 0 N–H and O–H groups in total. The zero-order valence-electron chi connectivity index (χ0n) is 8.55. The van der Waals surface area contributed by atoms with Gasteiger partial charge in [0.05, 0.1) is 0 Å². The van der Waals surface area contributed by atoms with Gasteiger partial charge >= 0.3 is 6.43 Å². The van der Waals surface area contributed by atoms with Crippen LogP contribution >= 0.6 is 0 Å². The summed E-state index contributed by atoms with van der Waals surface area (Å²) in [5, 5.41) is 0. The Balaban J connectivity index is 4.09. The van der Waals surface area contributed by atoms with Crippen molar-refractivity contribution in [2.45, 2.75) is 39.7 Å². The van der Waals surface area contributed by atoms with Crippen molar-refractivity contribution in [3.63, 3.8) is 0 Å². The molecular weight excluding hydrogens is 176 g/mol. The molecule has 0 aromatic carbocycles. The lowest BCUT2D eigenvalue weighted by Crippen LogP contribution is -2.39. The molecule has 0 bridgehead atoms. The van der Waals surface area contributed by atoms with Gasteiger partial charge in [-0.2, -0.15) is 8.78 Å². The molecule has 2 nitrogen and oxygen atoms in total. The molecule has 0 saturated carbocycles. The van der Waals surface area contributed by atoms with Crippen molar-refractivity contribution in [3.8, 4) is 0 Å². The molecule has 0 aromatic heterocycles. The van der Waals surface area contributed by atoms with Crippen molar-refractivity contribution in [1.82, 2.24) is 4.90 Å². The SMILES string of the molecule is CC(C)CC(C)N(C)C(=O)C(F)F. The average Bonchev–Trinajstić information content (AvgIpc) is 2.00. The third-order valence-electron chi connectivity index (χ3n) is 2.01. The monoisotopic (exact) mass is 193 g/mol. The van der Waals surface area contributed by atoms with E-state index in [1.807, 2.05) is 13.8 Å². The highest BCUT2D eigenvalue weighted by molar-refractivity contribution is 5.79. The Kier molecular flexibility index (Phi) is 4.88. The minimum absolute atomic E-state index is 0.124. The summed E-state index contributed by atoms with van der Waals surface area (Å²) in [6.45, 7) is 5.77. The number of carbonyl (C=O) groups is 1. The van der Waals surface area contributed by atoms with E-state index in [1.54, 1.807) is 6.92 Å². The summed E-state index contributed by atoms with van der Waals surface area (Å²) in [6.07, 6.45) is -2.14. The van der Waals surface area contributed by atoms with Crippen LogP contribution in [0.2, 0.25) is 0 Å². The van der Waals surface area contributed by atoms with Crippen LogP contribution in [0.15, 0.2) is 0 Å². The van der Waals surface area contributed by atoms with Crippen molar-refractivity contribution in [2.75, 3.05) is 7.05 Å². The van der Waals surface area contributed by atoms with Gasteiger partial charge in [-0.1, -0.05) is 13.8 Å². The Morgan fingerprint density at radius 1 is 1.31 bits per heavy atom. The van der Waals surface area contributed by atoms with Crippen LogP contribution in [0.25, 0.3) is 0 Å². The van der Waals surface area contributed by atoms with E-state index in [4.69, 9.17) is 0 Å². The number of hydrogen-bond donors (Lipinski definition) is 0. The predicted octanol–water partition coefficient (Wildman–Crippen LogP) is 2.14. The van der Waals surface area contributed by atoms with Crippen LogP contribution in [-0.4, -0.2) is 30.3 Å². The first-order chi connectivity index (χ1) is 5.86. The Hall–Kier alpha value is -0.670. The maximum Gasteiger partial charge on any atom is 0.315 e. The lowest BCUT2D eigenvalue weighted by Gasteiger charge is -2.25. The van der Waals surface area contributed by atoms with Gasteiger partial charge in [0.25, 0.3) is 5.91 Å². The number of rotatable bonds is 4. The number of nitrogens with zero attached hydrogens (tertiary/aromatic N) is 1. The van der Waals surface area contributed by atoms with Crippen LogP contribution in [0.4, 0.5) is 8.78 Å². The van der Waals surface area contributed by atoms with Crippen molar-refractivity contribution in [2.24, 2.45) is 5.92 Å². The zero-order chi connectivity index (χ0) is 10.6. The Morgan fingerprint density at radius 2 is 1.77 bits per heavy atom. The molecule has 4 heteroatoms. The smallest absolute Gasteiger partial charge is 0.315 e. The normalized spacial score (nSPS) is 13.5. The number of amides is 1. The molecule has 0 aliphatic heterocycles. The van der Waals surface area contributed by atoms with E-state index in [0.717, 1.165) is 11.3 Å². The fourth-order valence-electron chi connectivity index (χ4n) is 1.21. The van der Waals surface area contributed by atoms with Gasteiger partial charge in [-0.25, -0.2) is 0 Å². The molecule has 0 aliphatic rings. The minimum atomic E-state index is -2.89. The van der Waals surface area contributed by atoms with Crippen molar-refractivity contribution in [3.05, 3.63) is 0 Å². The minimum Gasteiger partial charge on any atom is -0.338 e. The quantitative estimate of drug-likeness (QED) is 0.670. The molecule has 78 valence electrons. The van der Waals surface area contributed by atoms with Gasteiger partial charge in [-0.05, 0) is 19.3 Å². The Morgan fingerprint density at radius 3 is 2.08 bits per heavy atom. The van der Waals surface area contributed by atoms with E-state index >= 15 is 0 Å². The second-order valence-corrected chi connectivity index (χ2v) is 3.73. The van der Waals surface area contributed by atoms with E-state index in [2.05, 4.69) is 0 Å². The molecule has 0 rings (SSSR count). The van der Waals surface area contributed by atoms with E-state index in [9.17, 15) is 13.6 Å². The molecule has 1 unspecified atom stereocenters. The molecule has 0 radical (unpaired) electrons. The molecular formula is C9H17F2NO. The molecule has 0 aliphatic carbocycles. The fourth-order valence-corrected chi connectivity index (χ4v) is 1.21. The third kappa shape index (κ3) is 4.20. The van der Waals surface area contributed by atoms with Crippen LogP contribution in [0, 0.1) is 5.92 Å². The number of hydrogen-bond acceptors (Lipinski definition) is 1. The Labute approximate surface area is 77.9 Å². The maximum absolute atomic E-state index is 12.0. The zero-order valence-corrected chi connectivity index (χ0v) is 8.55. The predicted molar refractivity (Wildman–Crippen MR) is 47.7 cm³/mol. The Bertz CT molecular complexity index is 171. The van der Waals surface area contributed by atoms with E-state index in [0.29, 0.717) is 5.92 Å². The second kappa shape index (κ2) is 5.14. The van der Waals surface area contributed by atoms with Crippen LogP contribution < -0.4 is 0 Å². The van der Waals surface area contributed by atoms with Crippen molar-refractivity contribution >= 4 is 5.91 Å². The molecule has 0 spiro atoms. The summed E-state index contributed by atoms with van der Waals surface area (Å²) in [7, 11) is 1.42. The van der Waals surface area contributed by atoms with E-state index in [1.165, 1.54) is 7.05 Å². The average molecular weight is 193 g/mol. The second-order valence-electron chi connectivity index (χ2n) is 3.73. The van der Waals surface area contributed by atoms with E-state index in [-0.39, 0.29) is 6.04 Å². The fraction of sp³-hybridized carbons (Fsp3) is 0.889. The number of carbonyl (C=O) groups excluding carboxylic acids is 1. The summed E-state index contributed by atoms with van der Waals surface area (Å²) in [5.74, 6) is -0.684. The summed E-state index contributed by atoms with van der Waals surface area (Å²) >= 11 is 0. The first-order valence-electron chi connectivity index (χ1n) is 4.41. The van der Waals surface area contributed by atoms with Crippen molar-refractivity contribution < 1.29 is 13.6 Å². The van der Waals surface area contributed by atoms with Gasteiger partial charge in [0.1, 0.15) is 0 Å². The van der Waals surface area contributed by atoms with Crippen LogP contribution in [0.5, 0.6) is 0 Å². The summed E-state index contributed by atoms with van der Waals surface area (Å²) in [6, 6.07) is -0.124. The van der Waals surface area contributed by atoms with Gasteiger partial charge in [0.15, 0.2) is 0 Å². The lowest BCUT2D eigenvalue weighted by atomic mass is 10.0. The highest BCUT2D eigenvalue weighted by Crippen LogP contribution is 2.11. The number of halogens is 2. The molecule has 0 fully saturated rings. The highest BCUT2D eigenvalue weighted by atomic mass is 19.3. The molecule has 13 heavy (non-hydrogen) atoms. The number of alkyl halides is 2. The van der Waals surface area contributed by atoms with Crippen LogP contribution in [0.1, 0.15) is 27.2 Å². The van der Waals surface area contributed by atoms with E-state index < -0.39 is 12.3 Å². The lowest BCUT2D eigenvalue weighted by molar-refractivity contribution is -0.143. The molecule has 0 aromatic rings. The standard InChI is InChI=1S/C9H17F2NO/c1-6(2)5-7(3)12(4)9(13)8(10)11/h6-8H,5H2,1-4H3. The van der Waals surface area contributed by atoms with Crippen LogP contribution in [-0.2, 0) is 4.79 Å². The topological polar surface area (TPSA) is 20.3 Å². The first-order valence-corrected chi connectivity index (χ1v) is 4.41. The molecule has 1 atom stereocenters. The summed E-state index contributed by atoms with van der Waals surface area (Å²) in [5.41, 5.74) is 0. The van der Waals surface area contributed by atoms with Gasteiger partial charge in [-0.3, -0.25) is 4.79 Å². The summed E-state index contributed by atoms with van der Waals surface area (Å²) < 4.78 is 24.0. The maximum atomic E-state index is 12.0. The largest absolute Gasteiger partial charge is 0.338 e. The molecule has 0 saturated heterocycles. The van der Waals surface area contributed by atoms with Gasteiger partial charge in [0, 0.05) is 13.1 Å².